The van der Waals surface area contributed by atoms with E-state index in [2.05, 4.69) is 0 Å². The number of hydrogen-bond acceptors (Lipinski definition) is 5. The van der Waals surface area contributed by atoms with E-state index >= 15 is 0 Å². The van der Waals surface area contributed by atoms with Gasteiger partial charge in [0.2, 0.25) is 0 Å². The quantitative estimate of drug-likeness (QED) is 0.287. The van der Waals surface area contributed by atoms with Crippen LogP contribution in [-0.2, 0) is 22.0 Å². The molecule has 0 fully saturated rings. The number of aryl methyl sites for hydroxylation is 2. The van der Waals surface area contributed by atoms with Gasteiger partial charge in [0.05, 0.1) is 17.3 Å². The highest BCUT2D eigenvalue weighted by molar-refractivity contribution is 7.90. The van der Waals surface area contributed by atoms with Gasteiger partial charge >= 0.3 is 12.2 Å². The Morgan fingerprint density at radius 2 is 1.45 bits per heavy atom. The molecule has 0 aliphatic carbocycles. The van der Waals surface area contributed by atoms with Crippen LogP contribution in [0.1, 0.15) is 38.3 Å². The van der Waals surface area contributed by atoms with E-state index in [1.807, 2.05) is 49.4 Å². The third-order valence-electron chi connectivity index (χ3n) is 5.37. The van der Waals surface area contributed by atoms with Crippen LogP contribution < -0.4 is 4.74 Å². The Hall–Kier alpha value is -3.42. The van der Waals surface area contributed by atoms with Gasteiger partial charge in [0.25, 0.3) is 0 Å². The van der Waals surface area contributed by atoms with Gasteiger partial charge in [-0.25, -0.2) is 18.7 Å². The maximum absolute atomic E-state index is 13.4. The number of carbonyl (C=O) groups is 2. The lowest BCUT2D eigenvalue weighted by molar-refractivity contribution is 0.0293. The van der Waals surface area contributed by atoms with Crippen LogP contribution in [0.2, 0.25) is 0 Å². The molecular formula is C30H32ClNO5S. The third kappa shape index (κ3) is 8.85. The highest BCUT2D eigenvalue weighted by Gasteiger charge is 2.31. The zero-order valence-electron chi connectivity index (χ0n) is 22.0. The minimum absolute atomic E-state index is 0.0610. The fourth-order valence-corrected chi connectivity index (χ4v) is 4.87. The van der Waals surface area contributed by atoms with E-state index in [9.17, 15) is 13.8 Å². The van der Waals surface area contributed by atoms with E-state index in [0.29, 0.717) is 23.3 Å². The van der Waals surface area contributed by atoms with Gasteiger partial charge in [-0.05, 0) is 75.9 Å². The zero-order valence-corrected chi connectivity index (χ0v) is 23.6. The molecule has 8 heteroatoms. The van der Waals surface area contributed by atoms with Crippen molar-refractivity contribution in [3.05, 3.63) is 106 Å². The number of imide groups is 1. The van der Waals surface area contributed by atoms with E-state index in [-0.39, 0.29) is 16.7 Å². The average molecular weight is 554 g/mol. The third-order valence-corrected chi connectivity index (χ3v) is 7.37. The van der Waals surface area contributed by atoms with Crippen LogP contribution in [0.4, 0.5) is 9.59 Å². The zero-order chi connectivity index (χ0) is 27.7. The molecule has 3 aromatic rings. The molecule has 0 saturated carbocycles. The van der Waals surface area contributed by atoms with Crippen LogP contribution in [0.3, 0.4) is 0 Å². The fraction of sp³-hybridized carbons (Fsp3) is 0.267. The molecule has 38 heavy (non-hydrogen) atoms. The van der Waals surface area contributed by atoms with Crippen LogP contribution in [0.15, 0.2) is 99.8 Å². The Morgan fingerprint density at radius 3 is 2.03 bits per heavy atom. The van der Waals surface area contributed by atoms with Gasteiger partial charge in [-0.2, -0.15) is 0 Å². The second kappa shape index (κ2) is 13.4. The summed E-state index contributed by atoms with van der Waals surface area (Å²) in [5.74, 6) is 0.273. The van der Waals surface area contributed by atoms with Crippen molar-refractivity contribution in [1.29, 1.82) is 0 Å². The molecule has 0 heterocycles. The number of para-hydroxylation sites is 1. The first kappa shape index (κ1) is 29.1. The van der Waals surface area contributed by atoms with Crippen molar-refractivity contribution in [2.75, 3.05) is 6.54 Å². The normalized spacial score (nSPS) is 12.8. The molecule has 0 aliphatic rings. The van der Waals surface area contributed by atoms with Gasteiger partial charge in [0.15, 0.2) is 0 Å². The van der Waals surface area contributed by atoms with Gasteiger partial charge < -0.3 is 9.47 Å². The van der Waals surface area contributed by atoms with Crippen molar-refractivity contribution in [1.82, 2.24) is 4.90 Å². The molecule has 2 amide bonds. The second-order valence-electron chi connectivity index (χ2n) is 9.69. The van der Waals surface area contributed by atoms with E-state index in [1.54, 1.807) is 63.2 Å². The predicted octanol–water partition coefficient (Wildman–Crippen LogP) is 7.62. The molecule has 0 N–H and O–H groups in total. The molecule has 0 spiro atoms. The van der Waals surface area contributed by atoms with Crippen molar-refractivity contribution >= 4 is 34.6 Å². The van der Waals surface area contributed by atoms with Crippen molar-refractivity contribution in [3.8, 4) is 5.75 Å². The molecule has 6 nitrogen and oxygen atoms in total. The average Bonchev–Trinajstić information content (AvgIpc) is 2.88. The molecule has 1 unspecified atom stereocenters. The Morgan fingerprint density at radius 1 is 0.868 bits per heavy atom. The van der Waals surface area contributed by atoms with Gasteiger partial charge in [0, 0.05) is 4.90 Å². The number of hydrogen-bond donors (Lipinski definition) is 0. The van der Waals surface area contributed by atoms with Gasteiger partial charge in [-0.1, -0.05) is 77.8 Å². The van der Waals surface area contributed by atoms with E-state index in [4.69, 9.17) is 21.1 Å². The van der Waals surface area contributed by atoms with Crippen molar-refractivity contribution in [2.24, 2.45) is 0 Å². The molecule has 3 aromatic carbocycles. The summed E-state index contributed by atoms with van der Waals surface area (Å²) in [7, 11) is -1.71. The smallest absolute Gasteiger partial charge is 0.425 e. The summed E-state index contributed by atoms with van der Waals surface area (Å²) in [5.41, 5.74) is 1.66. The number of amides is 2. The Bertz CT molecular complexity index is 1290. The van der Waals surface area contributed by atoms with Crippen LogP contribution >= 0.6 is 11.6 Å². The summed E-state index contributed by atoms with van der Waals surface area (Å²) >= 11 is 6.73. The SMILES string of the molecule is Cc1ccc(S(=O)/C(Cl)=C(\CCc2ccccc2)CN(C(=O)Oc2ccccc2)C(=O)OC(C)(C)C)cc1. The Balaban J connectivity index is 1.97. The Kier molecular flexibility index (Phi) is 10.3. The lowest BCUT2D eigenvalue weighted by Gasteiger charge is -2.26. The van der Waals surface area contributed by atoms with Crippen molar-refractivity contribution < 1.29 is 23.3 Å². The number of nitrogens with zero attached hydrogens (tertiary/aromatic N) is 1. The summed E-state index contributed by atoms with van der Waals surface area (Å²) < 4.78 is 24.4. The molecule has 0 bridgehead atoms. The summed E-state index contributed by atoms with van der Waals surface area (Å²) in [6, 6.07) is 25.3. The van der Waals surface area contributed by atoms with Crippen LogP contribution in [0.25, 0.3) is 0 Å². The lowest BCUT2D eigenvalue weighted by Crippen LogP contribution is -2.43. The summed E-state index contributed by atoms with van der Waals surface area (Å²) in [4.78, 5) is 27.7. The first-order valence-corrected chi connectivity index (χ1v) is 13.7. The van der Waals surface area contributed by atoms with Gasteiger partial charge in [0.1, 0.15) is 15.7 Å². The monoisotopic (exact) mass is 553 g/mol. The number of benzene rings is 3. The van der Waals surface area contributed by atoms with Gasteiger partial charge in [-0.15, -0.1) is 0 Å². The number of rotatable bonds is 8. The molecule has 0 aliphatic heterocycles. The molecule has 3 rings (SSSR count). The second-order valence-corrected chi connectivity index (χ2v) is 11.7. The molecule has 200 valence electrons. The molecule has 0 saturated heterocycles. The highest BCUT2D eigenvalue weighted by atomic mass is 35.5. The number of carbonyl (C=O) groups excluding carboxylic acids is 2. The van der Waals surface area contributed by atoms with Gasteiger partial charge in [-0.3, -0.25) is 0 Å². The van der Waals surface area contributed by atoms with Crippen molar-refractivity contribution in [2.45, 2.75) is 51.0 Å². The minimum Gasteiger partial charge on any atom is -0.443 e. The minimum atomic E-state index is -1.71. The topological polar surface area (TPSA) is 72.9 Å². The van der Waals surface area contributed by atoms with Crippen LogP contribution in [-0.4, -0.2) is 33.4 Å². The van der Waals surface area contributed by atoms with E-state index in [1.165, 1.54) is 0 Å². The van der Waals surface area contributed by atoms with Crippen molar-refractivity contribution in [3.63, 3.8) is 0 Å². The standard InChI is InChI=1S/C30H32ClNO5S/c1-22-15-19-26(20-16-22)38(35)27(31)24(18-17-23-11-7-5-8-12-23)21-32(29(34)37-30(2,3)4)28(33)36-25-13-9-6-10-14-25/h5-16,19-20H,17-18,21H2,1-4H3/b27-24+. The van der Waals surface area contributed by atoms with E-state index < -0.39 is 28.6 Å². The molecule has 0 radical (unpaired) electrons. The molecule has 1 atom stereocenters. The Labute approximate surface area is 231 Å². The molecular weight excluding hydrogens is 522 g/mol. The maximum atomic E-state index is 13.4. The first-order valence-electron chi connectivity index (χ1n) is 12.2. The summed E-state index contributed by atoms with van der Waals surface area (Å²) in [5, 5.41) is 0. The predicted molar refractivity (Wildman–Crippen MR) is 151 cm³/mol. The summed E-state index contributed by atoms with van der Waals surface area (Å²) in [6.45, 7) is 6.81. The fourth-order valence-electron chi connectivity index (χ4n) is 3.43. The largest absolute Gasteiger partial charge is 0.443 e. The number of halogens is 1. The number of ether oxygens (including phenoxy) is 2. The lowest BCUT2D eigenvalue weighted by atomic mass is 10.1. The maximum Gasteiger partial charge on any atom is 0.425 e. The highest BCUT2D eigenvalue weighted by Crippen LogP contribution is 2.26. The van der Waals surface area contributed by atoms with E-state index in [0.717, 1.165) is 16.0 Å². The molecule has 0 aromatic heterocycles. The first-order chi connectivity index (χ1) is 18.0. The summed E-state index contributed by atoms with van der Waals surface area (Å²) in [6.07, 6.45) is -0.888. The van der Waals surface area contributed by atoms with Crippen LogP contribution in [0, 0.1) is 6.92 Å². The van der Waals surface area contributed by atoms with Crippen LogP contribution in [0.5, 0.6) is 5.75 Å².